The van der Waals surface area contributed by atoms with Crippen LogP contribution >= 0.6 is 0 Å². The van der Waals surface area contributed by atoms with Crippen LogP contribution in [-0.4, -0.2) is 47.8 Å². The number of rotatable bonds is 5. The first-order valence-corrected chi connectivity index (χ1v) is 4.76. The van der Waals surface area contributed by atoms with E-state index >= 15 is 0 Å². The predicted octanol–water partition coefficient (Wildman–Crippen LogP) is -3.53. The Morgan fingerprint density at radius 1 is 0.900 bits per heavy atom. The van der Waals surface area contributed by atoms with E-state index < -0.39 is 46.9 Å². The minimum atomic E-state index is -3.45. The zero-order valence-electron chi connectivity index (χ0n) is 9.45. The summed E-state index contributed by atoms with van der Waals surface area (Å²) in [6.45, 7) is -1.50. The first kappa shape index (κ1) is 14.9. The lowest BCUT2D eigenvalue weighted by Crippen LogP contribution is -2.54. The number of nitrogens with one attached hydrogen (secondary N) is 2. The third-order valence-corrected chi connectivity index (χ3v) is 2.42. The van der Waals surface area contributed by atoms with Crippen molar-refractivity contribution in [2.24, 2.45) is 5.41 Å². The van der Waals surface area contributed by atoms with Crippen molar-refractivity contribution in [3.8, 4) is 0 Å². The quantitative estimate of drug-likeness (QED) is 0.340. The molecule has 0 unspecified atom stereocenters. The average Bonchev–Trinajstić information content (AvgIpc) is 2.26. The molecule has 0 aliphatic rings. The summed E-state index contributed by atoms with van der Waals surface area (Å²) < 4.78 is -0.0439. The van der Waals surface area contributed by atoms with Crippen LogP contribution in [0, 0.1) is 5.41 Å². The topological polar surface area (TPSA) is 200 Å². The van der Waals surface area contributed by atoms with E-state index in [0.717, 1.165) is 0 Å². The second kappa shape index (κ2) is 4.83. The highest BCUT2D eigenvalue weighted by atomic mass is 16.4. The highest BCUT2D eigenvalue weighted by Crippen LogP contribution is 2.20. The Bertz CT molecular complexity index is 681. The molecule has 0 saturated carbocycles. The van der Waals surface area contributed by atoms with Crippen LogP contribution in [0.15, 0.2) is 14.4 Å². The minimum Gasteiger partial charge on any atom is -0.480 e. The molecule has 12 heteroatoms. The maximum Gasteiger partial charge on any atom is 0.334 e. The molecule has 0 aliphatic carbocycles. The van der Waals surface area contributed by atoms with Crippen molar-refractivity contribution in [1.82, 2.24) is 14.5 Å². The summed E-state index contributed by atoms with van der Waals surface area (Å²) in [6.07, 6.45) is 0. The van der Waals surface area contributed by atoms with Crippen molar-refractivity contribution in [1.29, 1.82) is 0 Å². The minimum absolute atomic E-state index is 0.0439. The molecule has 5 N–H and O–H groups in total. The van der Waals surface area contributed by atoms with E-state index in [4.69, 9.17) is 15.3 Å². The fraction of sp³-hybridized carbons (Fsp3) is 0.250. The fourth-order valence-electron chi connectivity index (χ4n) is 1.31. The summed E-state index contributed by atoms with van der Waals surface area (Å²) in [5.74, 6) is -6.85. The molecule has 0 atom stereocenters. The van der Waals surface area contributed by atoms with Gasteiger partial charge in [-0.15, -0.1) is 0 Å². The summed E-state index contributed by atoms with van der Waals surface area (Å²) in [4.78, 5) is 69.3. The molecular weight excluding hydrogens is 282 g/mol. The molecule has 1 heterocycles. The van der Waals surface area contributed by atoms with Crippen LogP contribution in [0.25, 0.3) is 0 Å². The maximum atomic E-state index is 11.3. The van der Waals surface area contributed by atoms with E-state index in [9.17, 15) is 28.8 Å². The molecule has 0 saturated heterocycles. The SMILES string of the molecule is O=C(O)C(Cn1c(=O)[nH]c(=O)[nH]c1=O)(C(=O)O)C(=O)O. The van der Waals surface area contributed by atoms with Gasteiger partial charge in [-0.25, -0.2) is 19.0 Å². The molecule has 0 bridgehead atoms. The standard InChI is InChI=1S/C8H7N3O9/c12-2(13)8(3(14)15,4(16)17)1-11-6(19)9-5(18)10-7(11)20/h1H2,(H,12,13)(H,14,15)(H,16,17)(H2,9,10,18,19,20). The normalized spacial score (nSPS) is 11.0. The van der Waals surface area contributed by atoms with Gasteiger partial charge in [0, 0.05) is 0 Å². The zero-order chi connectivity index (χ0) is 15.7. The number of hydrogen-bond donors (Lipinski definition) is 5. The molecule has 0 radical (unpaired) electrons. The van der Waals surface area contributed by atoms with Crippen LogP contribution < -0.4 is 17.1 Å². The van der Waals surface area contributed by atoms with E-state index in [1.807, 2.05) is 0 Å². The zero-order valence-corrected chi connectivity index (χ0v) is 9.45. The monoisotopic (exact) mass is 289 g/mol. The largest absolute Gasteiger partial charge is 0.480 e. The van der Waals surface area contributed by atoms with Gasteiger partial charge in [0.15, 0.2) is 0 Å². The van der Waals surface area contributed by atoms with Gasteiger partial charge in [0.25, 0.3) is 5.41 Å². The van der Waals surface area contributed by atoms with Gasteiger partial charge in [-0.1, -0.05) is 0 Å². The first-order chi connectivity index (χ1) is 9.12. The lowest BCUT2D eigenvalue weighted by molar-refractivity contribution is -0.176. The van der Waals surface area contributed by atoms with Crippen LogP contribution in [0.1, 0.15) is 0 Å². The van der Waals surface area contributed by atoms with E-state index in [2.05, 4.69) is 0 Å². The number of aromatic amines is 2. The van der Waals surface area contributed by atoms with Crippen molar-refractivity contribution in [2.75, 3.05) is 0 Å². The van der Waals surface area contributed by atoms with Gasteiger partial charge in [-0.05, 0) is 0 Å². The van der Waals surface area contributed by atoms with Gasteiger partial charge < -0.3 is 15.3 Å². The number of H-pyrrole nitrogens is 2. The van der Waals surface area contributed by atoms with E-state index in [1.165, 1.54) is 9.97 Å². The van der Waals surface area contributed by atoms with Crippen molar-refractivity contribution in [3.05, 3.63) is 31.5 Å². The molecule has 1 aromatic heterocycles. The van der Waals surface area contributed by atoms with Crippen LogP contribution in [0.4, 0.5) is 0 Å². The summed E-state index contributed by atoms with van der Waals surface area (Å²) in [7, 11) is 0. The molecule has 20 heavy (non-hydrogen) atoms. The highest BCUT2D eigenvalue weighted by molar-refractivity contribution is 6.16. The molecule has 0 fully saturated rings. The van der Waals surface area contributed by atoms with Gasteiger partial charge in [0.05, 0.1) is 6.54 Å². The third-order valence-electron chi connectivity index (χ3n) is 2.42. The summed E-state index contributed by atoms with van der Waals surface area (Å²) >= 11 is 0. The number of carboxylic acid groups (broad SMARTS) is 3. The summed E-state index contributed by atoms with van der Waals surface area (Å²) in [6, 6.07) is 0. The van der Waals surface area contributed by atoms with E-state index in [0.29, 0.717) is 0 Å². The Labute approximate surface area is 106 Å². The Hall–Kier alpha value is -3.18. The lowest BCUT2D eigenvalue weighted by atomic mass is 9.88. The Balaban J connectivity index is 3.58. The van der Waals surface area contributed by atoms with Crippen molar-refractivity contribution < 1.29 is 29.7 Å². The number of nitrogens with zero attached hydrogens (tertiary/aromatic N) is 1. The molecule has 0 spiro atoms. The molecule has 0 amide bonds. The van der Waals surface area contributed by atoms with Crippen molar-refractivity contribution in [3.63, 3.8) is 0 Å². The maximum absolute atomic E-state index is 11.3. The molecule has 108 valence electrons. The molecule has 12 nitrogen and oxygen atoms in total. The molecule has 1 rings (SSSR count). The third kappa shape index (κ3) is 2.21. The van der Waals surface area contributed by atoms with Gasteiger partial charge in [-0.3, -0.25) is 24.4 Å². The number of hydrogen-bond acceptors (Lipinski definition) is 6. The van der Waals surface area contributed by atoms with Crippen LogP contribution in [0.5, 0.6) is 0 Å². The first-order valence-electron chi connectivity index (χ1n) is 4.76. The highest BCUT2D eigenvalue weighted by Gasteiger charge is 2.55. The van der Waals surface area contributed by atoms with Crippen LogP contribution in [-0.2, 0) is 20.9 Å². The summed E-state index contributed by atoms with van der Waals surface area (Å²) in [5.41, 5.74) is -7.53. The van der Waals surface area contributed by atoms with Crippen LogP contribution in [0.2, 0.25) is 0 Å². The van der Waals surface area contributed by atoms with Crippen molar-refractivity contribution >= 4 is 17.9 Å². The second-order valence-electron chi connectivity index (χ2n) is 3.60. The van der Waals surface area contributed by atoms with Gasteiger partial charge in [0.2, 0.25) is 0 Å². The molecule has 1 aromatic rings. The Kier molecular flexibility index (Phi) is 3.59. The second-order valence-corrected chi connectivity index (χ2v) is 3.60. The predicted molar refractivity (Wildman–Crippen MR) is 57.3 cm³/mol. The van der Waals surface area contributed by atoms with E-state index in [1.54, 1.807) is 0 Å². The van der Waals surface area contributed by atoms with Gasteiger partial charge >= 0.3 is 35.0 Å². The molecular formula is C8H7N3O9. The van der Waals surface area contributed by atoms with Crippen molar-refractivity contribution in [2.45, 2.75) is 6.54 Å². The number of aliphatic carboxylic acids is 3. The van der Waals surface area contributed by atoms with E-state index in [-0.39, 0.29) is 4.57 Å². The number of carbonyl (C=O) groups is 3. The number of carboxylic acids is 3. The number of aromatic nitrogens is 3. The Morgan fingerprint density at radius 2 is 1.25 bits per heavy atom. The van der Waals surface area contributed by atoms with Crippen LogP contribution in [0.3, 0.4) is 0 Å². The van der Waals surface area contributed by atoms with Gasteiger partial charge in [0.1, 0.15) is 0 Å². The smallest absolute Gasteiger partial charge is 0.334 e. The molecule has 0 aromatic carbocycles. The fourth-order valence-corrected chi connectivity index (χ4v) is 1.31. The molecule has 0 aliphatic heterocycles. The Morgan fingerprint density at radius 3 is 1.55 bits per heavy atom. The summed E-state index contributed by atoms with van der Waals surface area (Å²) in [5, 5.41) is 26.4. The van der Waals surface area contributed by atoms with Gasteiger partial charge in [-0.2, -0.15) is 0 Å². The average molecular weight is 289 g/mol. The lowest BCUT2D eigenvalue weighted by Gasteiger charge is -2.19.